The summed E-state index contributed by atoms with van der Waals surface area (Å²) >= 11 is 0. The number of amides is 2. The van der Waals surface area contributed by atoms with Crippen LogP contribution in [-0.2, 0) is 0 Å². The maximum atomic E-state index is 11.9. The van der Waals surface area contributed by atoms with Crippen molar-refractivity contribution < 1.29 is 9.59 Å². The molecule has 1 rings (SSSR count). The molecule has 1 aromatic rings. The van der Waals surface area contributed by atoms with E-state index in [1.807, 2.05) is 0 Å². The van der Waals surface area contributed by atoms with Crippen molar-refractivity contribution in [1.29, 1.82) is 0 Å². The molecule has 0 aliphatic carbocycles. The van der Waals surface area contributed by atoms with Crippen molar-refractivity contribution in [3.8, 4) is 0 Å². The molecule has 1 heterocycles. The lowest BCUT2D eigenvalue weighted by Gasteiger charge is -2.15. The van der Waals surface area contributed by atoms with Crippen LogP contribution in [0.2, 0.25) is 0 Å². The van der Waals surface area contributed by atoms with Crippen molar-refractivity contribution in [2.75, 3.05) is 6.54 Å². The van der Waals surface area contributed by atoms with Gasteiger partial charge in [0.15, 0.2) is 0 Å². The Kier molecular flexibility index (Phi) is 5.38. The Bertz CT molecular complexity index is 414. The van der Waals surface area contributed by atoms with Gasteiger partial charge in [-0.25, -0.2) is 0 Å². The fraction of sp³-hybridized carbons (Fsp3) is 0.500. The molecular weight excluding hydrogens is 232 g/mol. The van der Waals surface area contributed by atoms with Crippen molar-refractivity contribution in [2.45, 2.75) is 32.2 Å². The Morgan fingerprint density at radius 3 is 2.72 bits per heavy atom. The number of unbranched alkanes of at least 4 members (excludes halogenated alkanes) is 1. The predicted octanol–water partition coefficient (Wildman–Crippen LogP) is 0.361. The Morgan fingerprint density at radius 1 is 1.50 bits per heavy atom. The molecule has 0 fully saturated rings. The largest absolute Gasteiger partial charge is 0.366 e. The molecule has 0 aromatic carbocycles. The second kappa shape index (κ2) is 6.80. The lowest BCUT2D eigenvalue weighted by molar-refractivity contribution is 0.0931. The van der Waals surface area contributed by atoms with Gasteiger partial charge in [0.1, 0.15) is 5.69 Å². The molecule has 2 amide bonds. The van der Waals surface area contributed by atoms with Crippen LogP contribution in [-0.4, -0.2) is 29.4 Å². The first-order valence-corrected chi connectivity index (χ1v) is 6.07. The Labute approximate surface area is 106 Å². The van der Waals surface area contributed by atoms with Gasteiger partial charge < -0.3 is 21.8 Å². The number of hydrogen-bond donors (Lipinski definition) is 4. The zero-order valence-corrected chi connectivity index (χ0v) is 10.5. The SMILES string of the molecule is CCCCC(CN)NC(=O)c1cc(C(N)=O)c[nH]1. The van der Waals surface area contributed by atoms with Crippen LogP contribution < -0.4 is 16.8 Å². The topological polar surface area (TPSA) is 114 Å². The van der Waals surface area contributed by atoms with Gasteiger partial charge in [-0.1, -0.05) is 19.8 Å². The normalized spacial score (nSPS) is 12.1. The fourth-order valence-electron chi connectivity index (χ4n) is 1.63. The van der Waals surface area contributed by atoms with Gasteiger partial charge in [0.25, 0.3) is 5.91 Å². The van der Waals surface area contributed by atoms with E-state index >= 15 is 0 Å². The molecule has 1 unspecified atom stereocenters. The number of rotatable bonds is 7. The van der Waals surface area contributed by atoms with Crippen LogP contribution in [0, 0.1) is 0 Å². The Balaban J connectivity index is 2.59. The van der Waals surface area contributed by atoms with E-state index in [-0.39, 0.29) is 17.5 Å². The minimum absolute atomic E-state index is 0.0437. The summed E-state index contributed by atoms with van der Waals surface area (Å²) in [6.45, 7) is 2.48. The number of nitrogens with two attached hydrogens (primary N) is 2. The summed E-state index contributed by atoms with van der Waals surface area (Å²) in [6, 6.07) is 1.39. The van der Waals surface area contributed by atoms with Gasteiger partial charge in [-0.3, -0.25) is 9.59 Å². The first-order chi connectivity index (χ1) is 8.58. The van der Waals surface area contributed by atoms with Crippen molar-refractivity contribution in [3.63, 3.8) is 0 Å². The fourth-order valence-corrected chi connectivity index (χ4v) is 1.63. The Morgan fingerprint density at radius 2 is 2.22 bits per heavy atom. The highest BCUT2D eigenvalue weighted by Gasteiger charge is 2.14. The van der Waals surface area contributed by atoms with Gasteiger partial charge in [-0.2, -0.15) is 0 Å². The molecule has 0 radical (unpaired) electrons. The summed E-state index contributed by atoms with van der Waals surface area (Å²) in [7, 11) is 0. The molecule has 0 saturated carbocycles. The van der Waals surface area contributed by atoms with Crippen LogP contribution >= 0.6 is 0 Å². The van der Waals surface area contributed by atoms with Gasteiger partial charge in [-0.05, 0) is 12.5 Å². The number of H-pyrrole nitrogens is 1. The first kappa shape index (κ1) is 14.2. The van der Waals surface area contributed by atoms with E-state index in [0.29, 0.717) is 12.2 Å². The van der Waals surface area contributed by atoms with E-state index in [1.54, 1.807) is 0 Å². The summed E-state index contributed by atoms with van der Waals surface area (Å²) in [5, 5.41) is 2.82. The van der Waals surface area contributed by atoms with E-state index in [9.17, 15) is 9.59 Å². The van der Waals surface area contributed by atoms with Gasteiger partial charge in [0.2, 0.25) is 5.91 Å². The van der Waals surface area contributed by atoms with Gasteiger partial charge in [0.05, 0.1) is 5.56 Å². The molecule has 0 aliphatic rings. The molecule has 6 heteroatoms. The summed E-state index contributed by atoms with van der Waals surface area (Å²) in [6.07, 6.45) is 4.34. The third kappa shape index (κ3) is 3.89. The minimum Gasteiger partial charge on any atom is -0.366 e. The second-order valence-electron chi connectivity index (χ2n) is 4.21. The first-order valence-electron chi connectivity index (χ1n) is 6.07. The summed E-state index contributed by atoms with van der Waals surface area (Å²) in [4.78, 5) is 25.5. The monoisotopic (exact) mass is 252 g/mol. The highest BCUT2D eigenvalue weighted by atomic mass is 16.2. The lowest BCUT2D eigenvalue weighted by atomic mass is 10.1. The minimum atomic E-state index is -0.563. The quantitative estimate of drug-likeness (QED) is 0.561. The van der Waals surface area contributed by atoms with E-state index in [1.165, 1.54) is 12.3 Å². The number of hydrogen-bond acceptors (Lipinski definition) is 3. The van der Waals surface area contributed by atoms with E-state index in [0.717, 1.165) is 19.3 Å². The molecule has 0 spiro atoms. The number of carbonyl (C=O) groups is 2. The van der Waals surface area contributed by atoms with E-state index in [4.69, 9.17) is 11.5 Å². The maximum Gasteiger partial charge on any atom is 0.267 e. The summed E-state index contributed by atoms with van der Waals surface area (Å²) in [5.41, 5.74) is 11.3. The zero-order chi connectivity index (χ0) is 13.5. The smallest absolute Gasteiger partial charge is 0.267 e. The summed E-state index contributed by atoms with van der Waals surface area (Å²) in [5.74, 6) is -0.833. The summed E-state index contributed by atoms with van der Waals surface area (Å²) < 4.78 is 0. The number of aromatic amines is 1. The van der Waals surface area contributed by atoms with Crippen LogP contribution in [0.15, 0.2) is 12.3 Å². The third-order valence-corrected chi connectivity index (χ3v) is 2.74. The maximum absolute atomic E-state index is 11.9. The molecule has 6 N–H and O–H groups in total. The lowest BCUT2D eigenvalue weighted by Crippen LogP contribution is -2.40. The van der Waals surface area contributed by atoms with Crippen molar-refractivity contribution in [1.82, 2.24) is 10.3 Å². The number of carbonyl (C=O) groups excluding carboxylic acids is 2. The number of nitrogens with one attached hydrogen (secondary N) is 2. The zero-order valence-electron chi connectivity index (χ0n) is 10.5. The standard InChI is InChI=1S/C12H20N4O2/c1-2-3-4-9(6-13)16-12(18)10-5-8(7-15-10)11(14)17/h5,7,9,15H,2-4,6,13H2,1H3,(H2,14,17)(H,16,18). The van der Waals surface area contributed by atoms with Crippen LogP contribution in [0.4, 0.5) is 0 Å². The average Bonchev–Trinajstić information content (AvgIpc) is 2.83. The molecule has 0 aliphatic heterocycles. The van der Waals surface area contributed by atoms with Gasteiger partial charge in [-0.15, -0.1) is 0 Å². The van der Waals surface area contributed by atoms with Crippen LogP contribution in [0.25, 0.3) is 0 Å². The molecule has 1 atom stereocenters. The van der Waals surface area contributed by atoms with Gasteiger partial charge >= 0.3 is 0 Å². The number of aromatic nitrogens is 1. The van der Waals surface area contributed by atoms with E-state index < -0.39 is 5.91 Å². The van der Waals surface area contributed by atoms with Crippen LogP contribution in [0.5, 0.6) is 0 Å². The van der Waals surface area contributed by atoms with Crippen molar-refractivity contribution >= 4 is 11.8 Å². The van der Waals surface area contributed by atoms with E-state index in [2.05, 4.69) is 17.2 Å². The number of primary amides is 1. The molecular formula is C12H20N4O2. The van der Waals surface area contributed by atoms with Crippen molar-refractivity contribution in [2.24, 2.45) is 11.5 Å². The van der Waals surface area contributed by atoms with Crippen LogP contribution in [0.3, 0.4) is 0 Å². The highest BCUT2D eigenvalue weighted by molar-refractivity contribution is 5.98. The highest BCUT2D eigenvalue weighted by Crippen LogP contribution is 2.05. The van der Waals surface area contributed by atoms with Crippen molar-refractivity contribution in [3.05, 3.63) is 23.5 Å². The molecule has 0 bridgehead atoms. The average molecular weight is 252 g/mol. The molecule has 18 heavy (non-hydrogen) atoms. The molecule has 6 nitrogen and oxygen atoms in total. The molecule has 100 valence electrons. The van der Waals surface area contributed by atoms with Gasteiger partial charge in [0, 0.05) is 18.8 Å². The van der Waals surface area contributed by atoms with Crippen LogP contribution in [0.1, 0.15) is 47.0 Å². The predicted molar refractivity (Wildman–Crippen MR) is 69.1 cm³/mol. The molecule has 1 aromatic heterocycles. The second-order valence-corrected chi connectivity index (χ2v) is 4.21. The Hall–Kier alpha value is -1.82. The third-order valence-electron chi connectivity index (χ3n) is 2.74. The molecule has 0 saturated heterocycles.